The van der Waals surface area contributed by atoms with Crippen molar-refractivity contribution in [2.45, 2.75) is 26.8 Å². The molecule has 0 heterocycles. The number of nitrogens with one attached hydrogen (secondary N) is 3. The van der Waals surface area contributed by atoms with Gasteiger partial charge in [-0.15, -0.1) is 0 Å². The van der Waals surface area contributed by atoms with Crippen LogP contribution in [0.3, 0.4) is 0 Å². The first-order valence-electron chi connectivity index (χ1n) is 7.92. The van der Waals surface area contributed by atoms with E-state index in [1.807, 2.05) is 69.3 Å². The van der Waals surface area contributed by atoms with Crippen LogP contribution in [0.5, 0.6) is 0 Å². The van der Waals surface area contributed by atoms with E-state index in [0.717, 1.165) is 22.4 Å². The fraction of sp³-hybridized carbons (Fsp3) is 0.263. The summed E-state index contributed by atoms with van der Waals surface area (Å²) in [7, 11) is 0. The SMILES string of the molecule is Cc1cccc(NC(=O)CNC(=O)NC(C)c2ccccc2)c1C. The zero-order valence-electron chi connectivity index (χ0n) is 14.2. The van der Waals surface area contributed by atoms with Crippen LogP contribution in [-0.2, 0) is 4.79 Å². The Morgan fingerprint density at radius 1 is 1.00 bits per heavy atom. The van der Waals surface area contributed by atoms with E-state index in [4.69, 9.17) is 0 Å². The van der Waals surface area contributed by atoms with Crippen molar-refractivity contribution in [3.8, 4) is 0 Å². The van der Waals surface area contributed by atoms with Crippen molar-refractivity contribution in [2.24, 2.45) is 0 Å². The van der Waals surface area contributed by atoms with Crippen LogP contribution in [0.4, 0.5) is 10.5 Å². The molecule has 126 valence electrons. The summed E-state index contributed by atoms with van der Waals surface area (Å²) in [6, 6.07) is 14.9. The Morgan fingerprint density at radius 2 is 1.71 bits per heavy atom. The van der Waals surface area contributed by atoms with Crippen molar-refractivity contribution >= 4 is 17.6 Å². The lowest BCUT2D eigenvalue weighted by Crippen LogP contribution is -2.41. The number of amides is 3. The van der Waals surface area contributed by atoms with E-state index in [1.165, 1.54) is 0 Å². The van der Waals surface area contributed by atoms with Gasteiger partial charge in [0.2, 0.25) is 5.91 Å². The lowest BCUT2D eigenvalue weighted by Gasteiger charge is -2.15. The van der Waals surface area contributed by atoms with Gasteiger partial charge in [-0.3, -0.25) is 4.79 Å². The highest BCUT2D eigenvalue weighted by molar-refractivity contribution is 5.95. The molecule has 2 aromatic carbocycles. The van der Waals surface area contributed by atoms with E-state index < -0.39 is 0 Å². The predicted molar refractivity (Wildman–Crippen MR) is 95.9 cm³/mol. The van der Waals surface area contributed by atoms with Gasteiger partial charge in [-0.05, 0) is 43.5 Å². The molecule has 24 heavy (non-hydrogen) atoms. The molecule has 0 aromatic heterocycles. The quantitative estimate of drug-likeness (QED) is 0.789. The van der Waals surface area contributed by atoms with Crippen molar-refractivity contribution in [1.29, 1.82) is 0 Å². The van der Waals surface area contributed by atoms with E-state index in [1.54, 1.807) is 0 Å². The van der Waals surface area contributed by atoms with Crippen molar-refractivity contribution in [3.63, 3.8) is 0 Å². The second kappa shape index (κ2) is 8.15. The first kappa shape index (κ1) is 17.5. The Labute approximate surface area is 142 Å². The van der Waals surface area contributed by atoms with Gasteiger partial charge >= 0.3 is 6.03 Å². The first-order chi connectivity index (χ1) is 11.5. The fourth-order valence-corrected chi connectivity index (χ4v) is 2.31. The number of carbonyl (C=O) groups excluding carboxylic acids is 2. The molecular weight excluding hydrogens is 302 g/mol. The van der Waals surface area contributed by atoms with Crippen LogP contribution < -0.4 is 16.0 Å². The van der Waals surface area contributed by atoms with Crippen LogP contribution in [-0.4, -0.2) is 18.5 Å². The summed E-state index contributed by atoms with van der Waals surface area (Å²) in [6.07, 6.45) is 0. The number of benzene rings is 2. The van der Waals surface area contributed by atoms with Crippen LogP contribution >= 0.6 is 0 Å². The molecule has 0 aliphatic heterocycles. The Balaban J connectivity index is 1.81. The molecule has 0 aliphatic rings. The summed E-state index contributed by atoms with van der Waals surface area (Å²) in [6.45, 7) is 5.75. The molecule has 0 saturated carbocycles. The third-order valence-electron chi connectivity index (χ3n) is 3.94. The minimum absolute atomic E-state index is 0.0826. The third kappa shape index (κ3) is 4.84. The van der Waals surface area contributed by atoms with E-state index in [0.29, 0.717) is 0 Å². The van der Waals surface area contributed by atoms with Crippen LogP contribution in [0.25, 0.3) is 0 Å². The largest absolute Gasteiger partial charge is 0.332 e. The average Bonchev–Trinajstić information content (AvgIpc) is 2.58. The molecule has 0 radical (unpaired) electrons. The number of hydrogen-bond donors (Lipinski definition) is 3. The molecule has 3 N–H and O–H groups in total. The normalized spacial score (nSPS) is 11.5. The third-order valence-corrected chi connectivity index (χ3v) is 3.94. The van der Waals surface area contributed by atoms with Crippen molar-refractivity contribution < 1.29 is 9.59 Å². The minimum atomic E-state index is -0.373. The number of rotatable bonds is 5. The van der Waals surface area contributed by atoms with Gasteiger partial charge in [0, 0.05) is 5.69 Å². The van der Waals surface area contributed by atoms with E-state index in [9.17, 15) is 9.59 Å². The van der Waals surface area contributed by atoms with Gasteiger partial charge in [0.25, 0.3) is 0 Å². The van der Waals surface area contributed by atoms with Gasteiger partial charge in [-0.1, -0.05) is 42.5 Å². The minimum Gasteiger partial charge on any atom is -0.332 e. The maximum absolute atomic E-state index is 12.0. The van der Waals surface area contributed by atoms with Crippen molar-refractivity contribution in [1.82, 2.24) is 10.6 Å². The van der Waals surface area contributed by atoms with Crippen LogP contribution in [0.2, 0.25) is 0 Å². The average molecular weight is 325 g/mol. The summed E-state index contributed by atoms with van der Waals surface area (Å²) in [5.41, 5.74) is 3.90. The monoisotopic (exact) mass is 325 g/mol. The Morgan fingerprint density at radius 3 is 2.42 bits per heavy atom. The molecule has 0 bridgehead atoms. The molecular formula is C19H23N3O2. The number of aryl methyl sites for hydroxylation is 1. The molecule has 0 saturated heterocycles. The van der Waals surface area contributed by atoms with Gasteiger partial charge in [0.15, 0.2) is 0 Å². The van der Waals surface area contributed by atoms with E-state index in [2.05, 4.69) is 16.0 Å². The fourth-order valence-electron chi connectivity index (χ4n) is 2.31. The van der Waals surface area contributed by atoms with Gasteiger partial charge in [0.1, 0.15) is 0 Å². The molecule has 0 fully saturated rings. The van der Waals surface area contributed by atoms with Crippen LogP contribution in [0, 0.1) is 13.8 Å². The molecule has 2 aromatic rings. The number of anilines is 1. The summed E-state index contributed by atoms with van der Waals surface area (Å²) >= 11 is 0. The number of urea groups is 1. The van der Waals surface area contributed by atoms with E-state index >= 15 is 0 Å². The lowest BCUT2D eigenvalue weighted by atomic mass is 10.1. The standard InChI is InChI=1S/C19H23N3O2/c1-13-8-7-11-17(14(13)2)22-18(23)12-20-19(24)21-15(3)16-9-5-4-6-10-16/h4-11,15H,12H2,1-3H3,(H,22,23)(H2,20,21,24). The Hall–Kier alpha value is -2.82. The van der Waals surface area contributed by atoms with Crippen molar-refractivity contribution in [2.75, 3.05) is 11.9 Å². The maximum atomic E-state index is 12.0. The highest BCUT2D eigenvalue weighted by atomic mass is 16.2. The number of hydrogen-bond acceptors (Lipinski definition) is 2. The summed E-state index contributed by atoms with van der Waals surface area (Å²) in [5.74, 6) is -0.258. The first-order valence-corrected chi connectivity index (χ1v) is 7.92. The van der Waals surface area contributed by atoms with E-state index in [-0.39, 0.29) is 24.5 Å². The highest BCUT2D eigenvalue weighted by Crippen LogP contribution is 2.17. The van der Waals surface area contributed by atoms with Gasteiger partial charge in [-0.2, -0.15) is 0 Å². The summed E-state index contributed by atoms with van der Waals surface area (Å²) < 4.78 is 0. The van der Waals surface area contributed by atoms with Gasteiger partial charge in [0.05, 0.1) is 12.6 Å². The molecule has 0 aliphatic carbocycles. The van der Waals surface area contributed by atoms with Crippen LogP contribution in [0.1, 0.15) is 29.7 Å². The Kier molecular flexibility index (Phi) is 5.95. The van der Waals surface area contributed by atoms with Gasteiger partial charge < -0.3 is 16.0 Å². The second-order valence-corrected chi connectivity index (χ2v) is 5.76. The highest BCUT2D eigenvalue weighted by Gasteiger charge is 2.11. The smallest absolute Gasteiger partial charge is 0.315 e. The molecule has 0 spiro atoms. The maximum Gasteiger partial charge on any atom is 0.315 e. The zero-order chi connectivity index (χ0) is 17.5. The Bertz CT molecular complexity index is 714. The molecule has 3 amide bonds. The topological polar surface area (TPSA) is 70.2 Å². The predicted octanol–water partition coefficient (Wildman–Crippen LogP) is 3.30. The zero-order valence-corrected chi connectivity index (χ0v) is 14.2. The summed E-state index contributed by atoms with van der Waals surface area (Å²) in [4.78, 5) is 23.9. The van der Waals surface area contributed by atoms with Gasteiger partial charge in [-0.25, -0.2) is 4.79 Å². The molecule has 5 heteroatoms. The van der Waals surface area contributed by atoms with Crippen LogP contribution in [0.15, 0.2) is 48.5 Å². The number of carbonyl (C=O) groups is 2. The molecule has 1 atom stereocenters. The molecule has 5 nitrogen and oxygen atoms in total. The molecule has 1 unspecified atom stereocenters. The summed E-state index contributed by atoms with van der Waals surface area (Å²) in [5, 5.41) is 8.19. The molecule has 2 rings (SSSR count). The lowest BCUT2D eigenvalue weighted by molar-refractivity contribution is -0.115. The van der Waals surface area contributed by atoms with Crippen molar-refractivity contribution in [3.05, 3.63) is 65.2 Å². The second-order valence-electron chi connectivity index (χ2n) is 5.76.